The van der Waals surface area contributed by atoms with Gasteiger partial charge in [0.1, 0.15) is 17.4 Å². The van der Waals surface area contributed by atoms with Crippen molar-refractivity contribution in [1.29, 1.82) is 0 Å². The van der Waals surface area contributed by atoms with Gasteiger partial charge in [-0.3, -0.25) is 9.79 Å². The number of hydrogen-bond acceptors (Lipinski definition) is 6. The lowest BCUT2D eigenvalue weighted by molar-refractivity contribution is 0.0668. The van der Waals surface area contributed by atoms with E-state index in [9.17, 15) is 4.79 Å². The molecule has 3 aliphatic heterocycles. The lowest BCUT2D eigenvalue weighted by Gasteiger charge is -2.37. The van der Waals surface area contributed by atoms with Crippen LogP contribution in [0.3, 0.4) is 0 Å². The van der Waals surface area contributed by atoms with Crippen LogP contribution in [-0.2, 0) is 0 Å². The predicted octanol–water partition coefficient (Wildman–Crippen LogP) is 1.83. The lowest BCUT2D eigenvalue weighted by atomic mass is 10.1. The number of carbonyl (C=O) groups excluding carboxylic acids is 1. The summed E-state index contributed by atoms with van der Waals surface area (Å²) >= 11 is 0. The van der Waals surface area contributed by atoms with Crippen molar-refractivity contribution in [3.63, 3.8) is 0 Å². The zero-order chi connectivity index (χ0) is 18.8. The molecule has 0 bridgehead atoms. The van der Waals surface area contributed by atoms with E-state index in [-0.39, 0.29) is 5.91 Å². The van der Waals surface area contributed by atoms with E-state index >= 15 is 0 Å². The van der Waals surface area contributed by atoms with Crippen LogP contribution in [0.4, 0.5) is 0 Å². The van der Waals surface area contributed by atoms with Crippen LogP contribution in [0.2, 0.25) is 0 Å². The Morgan fingerprint density at radius 3 is 2.63 bits per heavy atom. The Labute approximate surface area is 159 Å². The van der Waals surface area contributed by atoms with Gasteiger partial charge < -0.3 is 19.4 Å². The topological polar surface area (TPSA) is 60.7 Å². The maximum absolute atomic E-state index is 12.7. The Morgan fingerprint density at radius 1 is 1.19 bits per heavy atom. The normalized spacial score (nSPS) is 21.7. The van der Waals surface area contributed by atoms with Gasteiger partial charge in [0.15, 0.2) is 0 Å². The van der Waals surface area contributed by atoms with Gasteiger partial charge in [0.2, 0.25) is 0 Å². The van der Waals surface area contributed by atoms with Crippen molar-refractivity contribution in [3.8, 4) is 5.75 Å². The molecular weight excluding hydrogens is 342 g/mol. The van der Waals surface area contributed by atoms with Gasteiger partial charge in [-0.15, -0.1) is 0 Å². The van der Waals surface area contributed by atoms with Crippen LogP contribution in [0.5, 0.6) is 5.75 Å². The first-order chi connectivity index (χ1) is 13.2. The van der Waals surface area contributed by atoms with E-state index in [4.69, 9.17) is 4.74 Å². The van der Waals surface area contributed by atoms with E-state index < -0.39 is 0 Å². The lowest BCUT2D eigenvalue weighted by Crippen LogP contribution is -2.48. The number of fused-ring (bicyclic) bond motifs is 1. The molecule has 0 radical (unpaired) electrons. The summed E-state index contributed by atoms with van der Waals surface area (Å²) in [6, 6.07) is 7.75. The Hall–Kier alpha value is -2.83. The second-order valence-corrected chi connectivity index (χ2v) is 6.94. The van der Waals surface area contributed by atoms with Crippen molar-refractivity contribution in [2.45, 2.75) is 19.9 Å². The Bertz CT molecular complexity index is 791. The maximum atomic E-state index is 12.7. The monoisotopic (exact) mass is 367 g/mol. The van der Waals surface area contributed by atoms with Gasteiger partial charge >= 0.3 is 0 Å². The molecule has 142 valence electrons. The van der Waals surface area contributed by atoms with E-state index in [1.54, 1.807) is 0 Å². The third kappa shape index (κ3) is 3.54. The number of ether oxygens (including phenoxy) is 1. The summed E-state index contributed by atoms with van der Waals surface area (Å²) in [5.74, 6) is 2.78. The molecule has 27 heavy (non-hydrogen) atoms. The molecule has 3 heterocycles. The highest BCUT2D eigenvalue weighted by Crippen LogP contribution is 2.20. The first kappa shape index (κ1) is 17.6. The predicted molar refractivity (Wildman–Crippen MR) is 105 cm³/mol. The molecule has 1 aromatic rings. The molecule has 3 aliphatic rings. The summed E-state index contributed by atoms with van der Waals surface area (Å²) in [5, 5.41) is 0. The van der Waals surface area contributed by atoms with Crippen LogP contribution in [-0.4, -0.2) is 78.2 Å². The van der Waals surface area contributed by atoms with Crippen LogP contribution >= 0.6 is 0 Å². The first-order valence-corrected chi connectivity index (χ1v) is 9.51. The summed E-state index contributed by atoms with van der Waals surface area (Å²) in [6.45, 7) is 8.45. The van der Waals surface area contributed by atoms with Gasteiger partial charge in [-0.2, -0.15) is 0 Å². The van der Waals surface area contributed by atoms with E-state index in [1.165, 1.54) is 0 Å². The number of carbonyl (C=O) groups is 1. The molecule has 0 spiro atoms. The SMILES string of the molecule is CCOc1ccc(C(=O)N2CCN(C3=CC4=NCC(C)N4C=N3)CC2)cc1. The number of piperazine rings is 1. The zero-order valence-electron chi connectivity index (χ0n) is 15.8. The van der Waals surface area contributed by atoms with Crippen molar-refractivity contribution >= 4 is 18.1 Å². The van der Waals surface area contributed by atoms with Gasteiger partial charge in [-0.1, -0.05) is 0 Å². The highest BCUT2D eigenvalue weighted by Gasteiger charge is 2.28. The third-order valence-corrected chi connectivity index (χ3v) is 5.13. The maximum Gasteiger partial charge on any atom is 0.253 e. The second-order valence-electron chi connectivity index (χ2n) is 6.94. The Morgan fingerprint density at radius 2 is 1.93 bits per heavy atom. The Balaban J connectivity index is 1.36. The van der Waals surface area contributed by atoms with Crippen LogP contribution in [0.15, 0.2) is 46.1 Å². The van der Waals surface area contributed by atoms with Gasteiger partial charge in [0.05, 0.1) is 25.5 Å². The quantitative estimate of drug-likeness (QED) is 0.815. The van der Waals surface area contributed by atoms with Crippen LogP contribution in [0.1, 0.15) is 24.2 Å². The van der Waals surface area contributed by atoms with Crippen molar-refractivity contribution in [3.05, 3.63) is 41.7 Å². The third-order valence-electron chi connectivity index (χ3n) is 5.13. The smallest absolute Gasteiger partial charge is 0.253 e. The van der Waals surface area contributed by atoms with Crippen molar-refractivity contribution in [1.82, 2.24) is 14.7 Å². The summed E-state index contributed by atoms with van der Waals surface area (Å²) < 4.78 is 5.44. The zero-order valence-corrected chi connectivity index (χ0v) is 15.8. The first-order valence-electron chi connectivity index (χ1n) is 9.51. The minimum atomic E-state index is 0.0685. The molecule has 0 aliphatic carbocycles. The average molecular weight is 367 g/mol. The summed E-state index contributed by atoms with van der Waals surface area (Å²) in [6.07, 6.45) is 3.93. The number of rotatable bonds is 4. The molecule has 0 saturated carbocycles. The summed E-state index contributed by atoms with van der Waals surface area (Å²) in [7, 11) is 0. The van der Waals surface area contributed by atoms with Crippen molar-refractivity contribution in [2.75, 3.05) is 39.3 Å². The van der Waals surface area contributed by atoms with Crippen molar-refractivity contribution < 1.29 is 9.53 Å². The fourth-order valence-electron chi connectivity index (χ4n) is 3.54. The standard InChI is InChI=1S/C20H25N5O2/c1-3-27-17-6-4-16(5-7-17)20(26)24-10-8-23(9-11-24)18-12-19-21-13-15(2)25(19)14-22-18/h4-7,12,14-15H,3,8-11,13H2,1-2H3. The van der Waals surface area contributed by atoms with Crippen LogP contribution in [0.25, 0.3) is 0 Å². The number of amidine groups is 1. The molecular formula is C20H25N5O2. The van der Waals surface area contributed by atoms with Gasteiger partial charge in [-0.05, 0) is 38.1 Å². The highest BCUT2D eigenvalue weighted by molar-refractivity contribution is 6.03. The van der Waals surface area contributed by atoms with Gasteiger partial charge in [0.25, 0.3) is 5.91 Å². The molecule has 7 heteroatoms. The average Bonchev–Trinajstić information content (AvgIpc) is 3.09. The van der Waals surface area contributed by atoms with E-state index in [0.717, 1.165) is 37.0 Å². The fraction of sp³-hybridized carbons (Fsp3) is 0.450. The largest absolute Gasteiger partial charge is 0.494 e. The number of amides is 1. The molecule has 1 aromatic carbocycles. The number of aliphatic imine (C=N–C) groups is 2. The summed E-state index contributed by atoms with van der Waals surface area (Å²) in [4.78, 5) is 28.1. The van der Waals surface area contributed by atoms with E-state index in [0.29, 0.717) is 31.3 Å². The summed E-state index contributed by atoms with van der Waals surface area (Å²) in [5.41, 5.74) is 0.701. The molecule has 0 N–H and O–H groups in total. The minimum Gasteiger partial charge on any atom is -0.494 e. The molecule has 0 aromatic heterocycles. The van der Waals surface area contributed by atoms with E-state index in [1.807, 2.05) is 48.5 Å². The molecule has 1 saturated heterocycles. The Kier molecular flexibility index (Phi) is 4.83. The van der Waals surface area contributed by atoms with E-state index in [2.05, 4.69) is 26.7 Å². The fourth-order valence-corrected chi connectivity index (χ4v) is 3.54. The molecule has 7 nitrogen and oxygen atoms in total. The minimum absolute atomic E-state index is 0.0685. The second kappa shape index (κ2) is 7.42. The van der Waals surface area contributed by atoms with Gasteiger partial charge in [0, 0.05) is 37.8 Å². The number of hydrogen-bond donors (Lipinski definition) is 0. The molecule has 1 atom stereocenters. The molecule has 4 rings (SSSR count). The van der Waals surface area contributed by atoms with Crippen LogP contribution in [0, 0.1) is 0 Å². The number of nitrogens with zero attached hydrogens (tertiary/aromatic N) is 5. The molecule has 1 amide bonds. The van der Waals surface area contributed by atoms with Gasteiger partial charge in [-0.25, -0.2) is 4.99 Å². The highest BCUT2D eigenvalue weighted by atomic mass is 16.5. The van der Waals surface area contributed by atoms with Crippen molar-refractivity contribution in [2.24, 2.45) is 9.98 Å². The molecule has 1 unspecified atom stereocenters. The molecule has 1 fully saturated rings. The number of benzene rings is 1. The van der Waals surface area contributed by atoms with Crippen LogP contribution < -0.4 is 4.74 Å².